The van der Waals surface area contributed by atoms with Crippen LogP contribution in [0, 0.1) is 0 Å². The van der Waals surface area contributed by atoms with E-state index in [-0.39, 0.29) is 28.2 Å². The van der Waals surface area contributed by atoms with Gasteiger partial charge in [-0.2, -0.15) is 0 Å². The van der Waals surface area contributed by atoms with Crippen LogP contribution in [0.4, 0.5) is 5.69 Å². The molecule has 1 aliphatic heterocycles. The quantitative estimate of drug-likeness (QED) is 0.149. The van der Waals surface area contributed by atoms with Gasteiger partial charge in [0.15, 0.2) is 0 Å². The number of aromatic nitrogens is 2. The third-order valence-electron chi connectivity index (χ3n) is 4.92. The molecule has 1 aromatic heterocycles. The van der Waals surface area contributed by atoms with E-state index in [9.17, 15) is 0 Å². The van der Waals surface area contributed by atoms with Crippen molar-refractivity contribution in [3.8, 4) is 11.3 Å². The summed E-state index contributed by atoms with van der Waals surface area (Å²) >= 11 is 0.215. The summed E-state index contributed by atoms with van der Waals surface area (Å²) < 4.78 is 4.81. The van der Waals surface area contributed by atoms with E-state index in [1.165, 1.54) is 31.1 Å². The molecule has 154 valence electrons. The van der Waals surface area contributed by atoms with Crippen LogP contribution in [0.15, 0.2) is 36.4 Å². The van der Waals surface area contributed by atoms with Gasteiger partial charge in [-0.3, -0.25) is 0 Å². The van der Waals surface area contributed by atoms with Crippen LogP contribution >= 0.6 is 0 Å². The monoisotopic (exact) mass is 461 g/mol. The Morgan fingerprint density at radius 1 is 0.897 bits per heavy atom. The maximum atomic E-state index is 8.97. The fourth-order valence-corrected chi connectivity index (χ4v) is 6.09. The molecule has 0 fully saturated rings. The third-order valence-corrected chi connectivity index (χ3v) is 7.45. The van der Waals surface area contributed by atoms with Gasteiger partial charge in [0.25, 0.3) is 0 Å². The second-order valence-electron chi connectivity index (χ2n) is 6.88. The number of rotatable bonds is 11. The first kappa shape index (κ1) is 20.3. The number of hydrogen-bond acceptors (Lipinski definition) is 6. The summed E-state index contributed by atoms with van der Waals surface area (Å²) in [5.41, 5.74) is 4.66. The summed E-state index contributed by atoms with van der Waals surface area (Å²) in [6.45, 7) is 4.68. The zero-order valence-corrected chi connectivity index (χ0v) is 18.0. The van der Waals surface area contributed by atoms with Crippen LogP contribution in [-0.4, -0.2) is 80.9 Å². The van der Waals surface area contributed by atoms with E-state index in [2.05, 4.69) is 57.0 Å². The van der Waals surface area contributed by atoms with Crippen molar-refractivity contribution >= 4 is 40.5 Å². The fraction of sp³-hybridized carbons (Fsp3) is 0.381. The number of aliphatic hydroxyl groups is 2. The molecular formula is C21H27N5O2Se. The molecule has 5 N–H and O–H groups in total. The van der Waals surface area contributed by atoms with Crippen molar-refractivity contribution in [2.75, 3.05) is 51.3 Å². The van der Waals surface area contributed by atoms with E-state index in [4.69, 9.17) is 15.3 Å². The molecule has 0 saturated heterocycles. The SMILES string of the molecule is OCCNCCNc1ccc2c3c(nn2CCNCCO)-c2ccccc2[Se]c13. The van der Waals surface area contributed by atoms with Gasteiger partial charge in [0.2, 0.25) is 0 Å². The number of benzene rings is 2. The first-order valence-corrected chi connectivity index (χ1v) is 11.7. The average Bonchev–Trinajstić information content (AvgIpc) is 3.12. The van der Waals surface area contributed by atoms with Crippen LogP contribution in [0.3, 0.4) is 0 Å². The Kier molecular flexibility index (Phi) is 6.82. The molecule has 1 aliphatic rings. The second-order valence-corrected chi connectivity index (χ2v) is 9.09. The predicted octanol–water partition coefficient (Wildman–Crippen LogP) is -0.753. The molecule has 2 aromatic carbocycles. The molecule has 0 bridgehead atoms. The van der Waals surface area contributed by atoms with Crippen molar-refractivity contribution in [3.05, 3.63) is 36.4 Å². The summed E-state index contributed by atoms with van der Waals surface area (Å²) in [5, 5.41) is 34.1. The van der Waals surface area contributed by atoms with E-state index >= 15 is 0 Å². The zero-order valence-electron chi connectivity index (χ0n) is 16.3. The minimum atomic E-state index is 0.146. The van der Waals surface area contributed by atoms with Crippen LogP contribution in [-0.2, 0) is 6.54 Å². The molecule has 29 heavy (non-hydrogen) atoms. The predicted molar refractivity (Wildman–Crippen MR) is 119 cm³/mol. The van der Waals surface area contributed by atoms with E-state index in [1.807, 2.05) is 0 Å². The Morgan fingerprint density at radius 3 is 2.52 bits per heavy atom. The van der Waals surface area contributed by atoms with Crippen LogP contribution in [0.25, 0.3) is 22.2 Å². The molecule has 0 saturated carbocycles. The molecule has 0 atom stereocenters. The van der Waals surface area contributed by atoms with E-state index < -0.39 is 0 Å². The van der Waals surface area contributed by atoms with Gasteiger partial charge < -0.3 is 0 Å². The van der Waals surface area contributed by atoms with Gasteiger partial charge in [-0.1, -0.05) is 0 Å². The van der Waals surface area contributed by atoms with Crippen LogP contribution < -0.4 is 24.9 Å². The number of nitrogens with zero attached hydrogens (tertiary/aromatic N) is 2. The summed E-state index contributed by atoms with van der Waals surface area (Å²) in [7, 11) is 0. The molecular weight excluding hydrogens is 433 g/mol. The van der Waals surface area contributed by atoms with Crippen molar-refractivity contribution in [3.63, 3.8) is 0 Å². The molecule has 0 spiro atoms. The minimum absolute atomic E-state index is 0.146. The summed E-state index contributed by atoms with van der Waals surface area (Å²) in [5.74, 6) is 0. The molecule has 2 heterocycles. The maximum absolute atomic E-state index is 8.97. The molecule has 0 aliphatic carbocycles. The van der Waals surface area contributed by atoms with Gasteiger partial charge in [0, 0.05) is 0 Å². The second kappa shape index (κ2) is 9.71. The first-order valence-electron chi connectivity index (χ1n) is 10.0. The topological polar surface area (TPSA) is 94.4 Å². The van der Waals surface area contributed by atoms with Crippen molar-refractivity contribution in [2.45, 2.75) is 6.54 Å². The molecule has 7 nitrogen and oxygen atoms in total. The van der Waals surface area contributed by atoms with Gasteiger partial charge in [-0.15, -0.1) is 0 Å². The molecule has 0 amide bonds. The number of aliphatic hydroxyl groups excluding tert-OH is 2. The average molecular weight is 460 g/mol. The van der Waals surface area contributed by atoms with Gasteiger partial charge in [0.1, 0.15) is 0 Å². The van der Waals surface area contributed by atoms with Gasteiger partial charge in [0.05, 0.1) is 0 Å². The standard InChI is InChI=1S/C21H27N5O2Se/c27-13-10-22-7-8-24-16-5-6-17-19-20(25-26(17)12-9-23-11-14-28)15-3-1-2-4-18(15)29-21(16)19/h1-6,22-24,27-28H,7-14H2. The number of anilines is 1. The first-order chi connectivity index (χ1) is 14.3. The Balaban J connectivity index is 1.66. The molecule has 0 radical (unpaired) electrons. The number of nitrogens with one attached hydrogen (secondary N) is 3. The number of fused-ring (bicyclic) bond motifs is 2. The molecule has 0 unspecified atom stereocenters. The Labute approximate surface area is 176 Å². The molecule has 4 rings (SSSR count). The summed E-state index contributed by atoms with van der Waals surface area (Å²) in [6, 6.07) is 12.9. The van der Waals surface area contributed by atoms with Crippen molar-refractivity contribution in [2.24, 2.45) is 0 Å². The van der Waals surface area contributed by atoms with Crippen molar-refractivity contribution in [1.82, 2.24) is 20.4 Å². The van der Waals surface area contributed by atoms with E-state index in [1.54, 1.807) is 0 Å². The number of hydrogen-bond donors (Lipinski definition) is 5. The third kappa shape index (κ3) is 4.33. The Bertz CT molecular complexity index is 975. The van der Waals surface area contributed by atoms with Crippen LogP contribution in [0.5, 0.6) is 0 Å². The van der Waals surface area contributed by atoms with Crippen LogP contribution in [0.1, 0.15) is 0 Å². The van der Waals surface area contributed by atoms with Crippen LogP contribution in [0.2, 0.25) is 0 Å². The Hall–Kier alpha value is -1.93. The van der Waals surface area contributed by atoms with E-state index in [0.717, 1.165) is 31.9 Å². The van der Waals surface area contributed by atoms with E-state index in [0.29, 0.717) is 13.1 Å². The van der Waals surface area contributed by atoms with Gasteiger partial charge >= 0.3 is 177 Å². The Morgan fingerprint density at radius 2 is 1.69 bits per heavy atom. The molecule has 8 heteroatoms. The fourth-order valence-electron chi connectivity index (χ4n) is 3.58. The van der Waals surface area contributed by atoms with Crippen molar-refractivity contribution in [1.29, 1.82) is 0 Å². The zero-order chi connectivity index (χ0) is 20.1. The summed E-state index contributed by atoms with van der Waals surface area (Å²) in [4.78, 5) is 0. The van der Waals surface area contributed by atoms with Gasteiger partial charge in [-0.25, -0.2) is 0 Å². The normalized spacial score (nSPS) is 12.3. The van der Waals surface area contributed by atoms with Crippen molar-refractivity contribution < 1.29 is 10.2 Å². The summed E-state index contributed by atoms with van der Waals surface area (Å²) in [6.07, 6.45) is 0. The molecule has 3 aromatic rings. The van der Waals surface area contributed by atoms with Gasteiger partial charge in [-0.05, 0) is 0 Å².